The molecule has 7 nitrogen and oxygen atoms in total. The molecule has 0 radical (unpaired) electrons. The summed E-state index contributed by atoms with van der Waals surface area (Å²) in [5, 5.41) is 2.82. The van der Waals surface area contributed by atoms with E-state index in [4.69, 9.17) is 0 Å². The average Bonchev–Trinajstić information content (AvgIpc) is 2.79. The Hall–Kier alpha value is -3.17. The highest BCUT2D eigenvalue weighted by Gasteiger charge is 2.28. The van der Waals surface area contributed by atoms with Gasteiger partial charge in [-0.25, -0.2) is 16.8 Å². The van der Waals surface area contributed by atoms with E-state index in [1.54, 1.807) is 50.2 Å². The van der Waals surface area contributed by atoms with E-state index < -0.39 is 38.4 Å². The lowest BCUT2D eigenvalue weighted by Gasteiger charge is -2.27. The molecular weight excluding hydrogens is 472 g/mol. The highest BCUT2D eigenvalue weighted by atomic mass is 32.2. The maximum absolute atomic E-state index is 13.5. The minimum Gasteiger partial charge on any atom is -0.348 e. The van der Waals surface area contributed by atoms with Crippen LogP contribution in [0.5, 0.6) is 0 Å². The Morgan fingerprint density at radius 2 is 1.50 bits per heavy atom. The zero-order valence-corrected chi connectivity index (χ0v) is 21.2. The predicted molar refractivity (Wildman–Crippen MR) is 133 cm³/mol. The van der Waals surface area contributed by atoms with Crippen molar-refractivity contribution in [2.75, 3.05) is 17.1 Å². The van der Waals surface area contributed by atoms with Crippen molar-refractivity contribution in [2.45, 2.75) is 36.6 Å². The molecule has 0 heterocycles. The topological polar surface area (TPSA) is 101 Å². The van der Waals surface area contributed by atoms with Crippen LogP contribution in [0.4, 0.5) is 5.69 Å². The summed E-state index contributed by atoms with van der Waals surface area (Å²) in [5.41, 5.74) is 2.73. The van der Waals surface area contributed by atoms with Crippen LogP contribution >= 0.6 is 0 Å². The summed E-state index contributed by atoms with van der Waals surface area (Å²) in [4.78, 5) is 13.3. The van der Waals surface area contributed by atoms with Gasteiger partial charge in [0.25, 0.3) is 10.0 Å². The minimum absolute atomic E-state index is 0.0909. The zero-order valence-electron chi connectivity index (χ0n) is 19.5. The van der Waals surface area contributed by atoms with E-state index >= 15 is 0 Å². The molecule has 0 saturated carbocycles. The van der Waals surface area contributed by atoms with E-state index in [0.29, 0.717) is 11.3 Å². The zero-order chi connectivity index (χ0) is 25.1. The molecule has 9 heteroatoms. The number of carbonyl (C=O) groups excluding carboxylic acids is 1. The molecule has 34 heavy (non-hydrogen) atoms. The number of sulfonamides is 1. The first kappa shape index (κ1) is 25.5. The molecular formula is C25H28N2O5S2. The normalized spacial score (nSPS) is 12.7. The number of rotatable bonds is 8. The van der Waals surface area contributed by atoms with Crippen LogP contribution in [-0.2, 0) is 24.7 Å². The molecule has 1 atom stereocenters. The Balaban J connectivity index is 1.89. The molecule has 3 aromatic rings. The fourth-order valence-corrected chi connectivity index (χ4v) is 5.64. The average molecular weight is 501 g/mol. The standard InChI is InChI=1S/C25H28N2O5S2/c1-18-10-11-19(2)24(16-18)27(34(31,32)23-8-6-5-7-9-23)17-25(28)26-20(3)21-12-14-22(15-13-21)33(4,29)30/h5-16,20H,17H2,1-4H3,(H,26,28)/t20-/m0/s1. The van der Waals surface area contributed by atoms with E-state index in [9.17, 15) is 21.6 Å². The van der Waals surface area contributed by atoms with Gasteiger partial charge in [-0.3, -0.25) is 9.10 Å². The Bertz CT molecular complexity index is 1380. The summed E-state index contributed by atoms with van der Waals surface area (Å²) < 4.78 is 51.5. The van der Waals surface area contributed by atoms with Crippen molar-refractivity contribution in [3.63, 3.8) is 0 Å². The van der Waals surface area contributed by atoms with Gasteiger partial charge in [-0.1, -0.05) is 42.5 Å². The van der Waals surface area contributed by atoms with Crippen LogP contribution in [0.15, 0.2) is 82.6 Å². The van der Waals surface area contributed by atoms with Crippen LogP contribution < -0.4 is 9.62 Å². The molecule has 0 aliphatic carbocycles. The first-order valence-electron chi connectivity index (χ1n) is 10.6. The Morgan fingerprint density at radius 3 is 2.09 bits per heavy atom. The lowest BCUT2D eigenvalue weighted by atomic mass is 10.1. The molecule has 0 aliphatic rings. The van der Waals surface area contributed by atoms with Crippen molar-refractivity contribution in [3.05, 3.63) is 89.5 Å². The lowest BCUT2D eigenvalue weighted by molar-refractivity contribution is -0.120. The van der Waals surface area contributed by atoms with Gasteiger partial charge in [0.15, 0.2) is 9.84 Å². The molecule has 1 amide bonds. The molecule has 0 fully saturated rings. The highest BCUT2D eigenvalue weighted by Crippen LogP contribution is 2.28. The summed E-state index contributed by atoms with van der Waals surface area (Å²) in [6.07, 6.45) is 1.13. The summed E-state index contributed by atoms with van der Waals surface area (Å²) in [5.74, 6) is -0.486. The van der Waals surface area contributed by atoms with E-state index in [-0.39, 0.29) is 9.79 Å². The summed E-state index contributed by atoms with van der Waals surface area (Å²) in [6.45, 7) is 5.00. The molecule has 1 N–H and O–H groups in total. The van der Waals surface area contributed by atoms with Gasteiger partial charge in [-0.05, 0) is 67.8 Å². The number of benzene rings is 3. The van der Waals surface area contributed by atoms with Crippen molar-refractivity contribution in [1.82, 2.24) is 5.32 Å². The minimum atomic E-state index is -4.01. The Kier molecular flexibility index (Phi) is 7.48. The molecule has 0 aromatic heterocycles. The van der Waals surface area contributed by atoms with Gasteiger partial charge < -0.3 is 5.32 Å². The number of hydrogen-bond acceptors (Lipinski definition) is 5. The number of aryl methyl sites for hydroxylation is 2. The van der Waals surface area contributed by atoms with Gasteiger partial charge in [0.2, 0.25) is 5.91 Å². The first-order chi connectivity index (χ1) is 15.9. The van der Waals surface area contributed by atoms with Gasteiger partial charge in [0.05, 0.1) is 21.5 Å². The third-order valence-corrected chi connectivity index (χ3v) is 8.34. The second kappa shape index (κ2) is 9.99. The molecule has 0 saturated heterocycles. The van der Waals surface area contributed by atoms with Crippen molar-refractivity contribution in [1.29, 1.82) is 0 Å². The highest BCUT2D eigenvalue weighted by molar-refractivity contribution is 7.93. The maximum atomic E-state index is 13.5. The largest absolute Gasteiger partial charge is 0.348 e. The van der Waals surface area contributed by atoms with Crippen LogP contribution in [0.1, 0.15) is 29.7 Å². The second-order valence-electron chi connectivity index (χ2n) is 8.25. The molecule has 0 bridgehead atoms. The Labute approximate surface area is 201 Å². The number of sulfone groups is 1. The number of nitrogens with one attached hydrogen (secondary N) is 1. The number of nitrogens with zero attached hydrogens (tertiary/aromatic N) is 1. The summed E-state index contributed by atoms with van der Waals surface area (Å²) in [6, 6.07) is 19.2. The summed E-state index contributed by atoms with van der Waals surface area (Å²) in [7, 11) is -7.33. The lowest BCUT2D eigenvalue weighted by Crippen LogP contribution is -2.42. The van der Waals surface area contributed by atoms with Crippen molar-refractivity contribution < 1.29 is 21.6 Å². The number of hydrogen-bond donors (Lipinski definition) is 1. The predicted octanol–water partition coefficient (Wildman–Crippen LogP) is 3.78. The van der Waals surface area contributed by atoms with Crippen LogP contribution in [0.25, 0.3) is 0 Å². The smallest absolute Gasteiger partial charge is 0.264 e. The van der Waals surface area contributed by atoms with Gasteiger partial charge in [-0.2, -0.15) is 0 Å². The SMILES string of the molecule is Cc1ccc(C)c(N(CC(=O)N[C@@H](C)c2ccc(S(C)(=O)=O)cc2)S(=O)(=O)c2ccccc2)c1. The molecule has 0 unspecified atom stereocenters. The van der Waals surface area contributed by atoms with Crippen LogP contribution in [0.3, 0.4) is 0 Å². The van der Waals surface area contributed by atoms with Crippen molar-refractivity contribution in [2.24, 2.45) is 0 Å². The van der Waals surface area contributed by atoms with Gasteiger partial charge >= 0.3 is 0 Å². The number of carbonyl (C=O) groups is 1. The summed E-state index contributed by atoms with van der Waals surface area (Å²) >= 11 is 0. The molecule has 3 rings (SSSR count). The van der Waals surface area contributed by atoms with E-state index in [2.05, 4.69) is 5.32 Å². The monoisotopic (exact) mass is 500 g/mol. The second-order valence-corrected chi connectivity index (χ2v) is 12.1. The van der Waals surface area contributed by atoms with Crippen LogP contribution in [0.2, 0.25) is 0 Å². The molecule has 3 aromatic carbocycles. The van der Waals surface area contributed by atoms with Gasteiger partial charge in [-0.15, -0.1) is 0 Å². The fraction of sp³-hybridized carbons (Fsp3) is 0.240. The first-order valence-corrected chi connectivity index (χ1v) is 14.0. The molecule has 0 spiro atoms. The Morgan fingerprint density at radius 1 is 0.882 bits per heavy atom. The van der Waals surface area contributed by atoms with Gasteiger partial charge in [0.1, 0.15) is 6.54 Å². The van der Waals surface area contributed by atoms with Crippen molar-refractivity contribution >= 4 is 31.5 Å². The third-order valence-electron chi connectivity index (χ3n) is 5.44. The van der Waals surface area contributed by atoms with Crippen molar-refractivity contribution in [3.8, 4) is 0 Å². The molecule has 0 aliphatic heterocycles. The third kappa shape index (κ3) is 5.84. The van der Waals surface area contributed by atoms with E-state index in [1.807, 2.05) is 19.1 Å². The maximum Gasteiger partial charge on any atom is 0.264 e. The number of anilines is 1. The van der Waals surface area contributed by atoms with E-state index in [1.165, 1.54) is 24.3 Å². The van der Waals surface area contributed by atoms with Crippen LogP contribution in [0, 0.1) is 13.8 Å². The molecule has 180 valence electrons. The van der Waals surface area contributed by atoms with E-state index in [0.717, 1.165) is 21.7 Å². The quantitative estimate of drug-likeness (QED) is 0.507. The number of amides is 1. The van der Waals surface area contributed by atoms with Crippen LogP contribution in [-0.4, -0.2) is 35.5 Å². The van der Waals surface area contributed by atoms with Gasteiger partial charge in [0, 0.05) is 6.26 Å². The fourth-order valence-electron chi connectivity index (χ4n) is 3.51.